The van der Waals surface area contributed by atoms with E-state index in [9.17, 15) is 5.26 Å². The van der Waals surface area contributed by atoms with Crippen LogP contribution in [0.2, 0.25) is 0 Å². The maximum absolute atomic E-state index is 9.64. The van der Waals surface area contributed by atoms with Crippen LogP contribution in [0.15, 0.2) is 24.7 Å². The molecule has 1 saturated heterocycles. The molecule has 0 N–H and O–H groups in total. The van der Waals surface area contributed by atoms with Gasteiger partial charge in [0.2, 0.25) is 0 Å². The molecule has 2 fully saturated rings. The molecule has 2 aromatic rings. The monoisotopic (exact) mass is 376 g/mol. The number of hydrogen-bond acceptors (Lipinski definition) is 7. The number of nitrogens with zero attached hydrogens (tertiary/aromatic N) is 6. The lowest BCUT2D eigenvalue weighted by Gasteiger charge is -2.40. The van der Waals surface area contributed by atoms with Crippen LogP contribution in [-0.2, 0) is 17.8 Å². The molecule has 7 heteroatoms. The highest BCUT2D eigenvalue weighted by atomic mass is 16.5. The average molecular weight is 376 g/mol. The molecule has 5 rings (SSSR count). The molecule has 3 aliphatic rings. The summed E-state index contributed by atoms with van der Waals surface area (Å²) < 4.78 is 5.51. The lowest BCUT2D eigenvalue weighted by atomic mass is 10.0. The highest BCUT2D eigenvalue weighted by Gasteiger charge is 2.37. The van der Waals surface area contributed by atoms with Crippen LogP contribution < -0.4 is 9.80 Å². The molecule has 0 aromatic carbocycles. The van der Waals surface area contributed by atoms with E-state index in [1.54, 1.807) is 6.33 Å². The van der Waals surface area contributed by atoms with Gasteiger partial charge in [-0.1, -0.05) is 0 Å². The molecule has 0 bridgehead atoms. The number of aromatic nitrogens is 3. The molecule has 2 aromatic heterocycles. The van der Waals surface area contributed by atoms with Crippen molar-refractivity contribution in [1.82, 2.24) is 15.0 Å². The van der Waals surface area contributed by atoms with Crippen LogP contribution in [0.1, 0.15) is 42.5 Å². The maximum atomic E-state index is 9.64. The molecule has 0 unspecified atom stereocenters. The molecule has 0 spiro atoms. The van der Waals surface area contributed by atoms with Crippen LogP contribution in [0.3, 0.4) is 0 Å². The molecular formula is C21H24N6O. The number of pyridine rings is 1. The first-order chi connectivity index (χ1) is 13.8. The third-order valence-corrected chi connectivity index (χ3v) is 5.96. The van der Waals surface area contributed by atoms with Crippen LogP contribution >= 0.6 is 0 Å². The first-order valence-electron chi connectivity index (χ1n) is 10.1. The molecule has 144 valence electrons. The first-order valence-corrected chi connectivity index (χ1v) is 10.1. The van der Waals surface area contributed by atoms with Crippen molar-refractivity contribution in [3.8, 4) is 6.07 Å². The zero-order valence-electron chi connectivity index (χ0n) is 15.9. The van der Waals surface area contributed by atoms with Gasteiger partial charge in [-0.25, -0.2) is 15.0 Å². The smallest absolute Gasteiger partial charge is 0.146 e. The zero-order chi connectivity index (χ0) is 18.9. The van der Waals surface area contributed by atoms with Gasteiger partial charge in [-0.2, -0.15) is 5.26 Å². The second-order valence-corrected chi connectivity index (χ2v) is 7.80. The number of hydrogen-bond donors (Lipinski definition) is 0. The fourth-order valence-corrected chi connectivity index (χ4v) is 4.41. The number of rotatable bonds is 4. The minimum atomic E-state index is 0.482. The first kappa shape index (κ1) is 17.4. The molecule has 1 saturated carbocycles. The standard InChI is InChI=1S/C21H24N6O/c22-12-15-11-16-13-28-10-6-19(16)25-21(15)26-8-4-18(5-9-26)27(17-1-2-17)20-3-7-23-14-24-20/h3,7,11,14,17-18H,1-2,4-6,8-10,13H2. The predicted octanol–water partition coefficient (Wildman–Crippen LogP) is 2.45. The van der Waals surface area contributed by atoms with E-state index in [-0.39, 0.29) is 0 Å². The summed E-state index contributed by atoms with van der Waals surface area (Å²) in [5.74, 6) is 1.89. The maximum Gasteiger partial charge on any atom is 0.146 e. The Labute approximate surface area is 165 Å². The van der Waals surface area contributed by atoms with Crippen molar-refractivity contribution in [2.45, 2.75) is 50.8 Å². The van der Waals surface area contributed by atoms with Crippen molar-refractivity contribution >= 4 is 11.6 Å². The van der Waals surface area contributed by atoms with E-state index < -0.39 is 0 Å². The fourth-order valence-electron chi connectivity index (χ4n) is 4.41. The highest BCUT2D eigenvalue weighted by Crippen LogP contribution is 2.36. The van der Waals surface area contributed by atoms with Crippen LogP contribution in [0.4, 0.5) is 11.6 Å². The van der Waals surface area contributed by atoms with E-state index in [1.165, 1.54) is 12.8 Å². The van der Waals surface area contributed by atoms with Crippen LogP contribution in [0, 0.1) is 11.3 Å². The molecule has 28 heavy (non-hydrogen) atoms. The number of nitriles is 1. The summed E-state index contributed by atoms with van der Waals surface area (Å²) in [4.78, 5) is 18.2. The molecule has 7 nitrogen and oxygen atoms in total. The van der Waals surface area contributed by atoms with Gasteiger partial charge in [0.25, 0.3) is 0 Å². The molecule has 2 aliphatic heterocycles. The van der Waals surface area contributed by atoms with E-state index >= 15 is 0 Å². The van der Waals surface area contributed by atoms with Gasteiger partial charge in [-0.15, -0.1) is 0 Å². The van der Waals surface area contributed by atoms with Crippen molar-refractivity contribution < 1.29 is 4.74 Å². The van der Waals surface area contributed by atoms with E-state index in [1.807, 2.05) is 18.3 Å². The lowest BCUT2D eigenvalue weighted by molar-refractivity contribution is 0.109. The summed E-state index contributed by atoms with van der Waals surface area (Å²) in [6.07, 6.45) is 8.88. The van der Waals surface area contributed by atoms with Gasteiger partial charge in [-0.05, 0) is 37.8 Å². The highest BCUT2D eigenvalue weighted by molar-refractivity contribution is 5.57. The number of fused-ring (bicyclic) bond motifs is 1. The van der Waals surface area contributed by atoms with E-state index in [0.29, 0.717) is 30.9 Å². The van der Waals surface area contributed by atoms with Crippen molar-refractivity contribution in [1.29, 1.82) is 5.26 Å². The zero-order valence-corrected chi connectivity index (χ0v) is 15.9. The Bertz CT molecular complexity index is 884. The second kappa shape index (κ2) is 7.36. The summed E-state index contributed by atoms with van der Waals surface area (Å²) in [5, 5.41) is 9.64. The second-order valence-electron chi connectivity index (χ2n) is 7.80. The summed E-state index contributed by atoms with van der Waals surface area (Å²) in [6.45, 7) is 3.10. The Morgan fingerprint density at radius 3 is 2.71 bits per heavy atom. The third-order valence-electron chi connectivity index (χ3n) is 5.96. The Kier molecular flexibility index (Phi) is 4.57. The Hall–Kier alpha value is -2.72. The minimum absolute atomic E-state index is 0.482. The van der Waals surface area contributed by atoms with Gasteiger partial charge >= 0.3 is 0 Å². The number of piperidine rings is 1. The van der Waals surface area contributed by atoms with Crippen molar-refractivity contribution in [2.75, 3.05) is 29.5 Å². The van der Waals surface area contributed by atoms with E-state index in [2.05, 4.69) is 25.8 Å². The molecular weight excluding hydrogens is 352 g/mol. The molecule has 1 aliphatic carbocycles. The molecule has 0 amide bonds. The van der Waals surface area contributed by atoms with Crippen molar-refractivity contribution in [2.24, 2.45) is 0 Å². The van der Waals surface area contributed by atoms with Crippen molar-refractivity contribution in [3.63, 3.8) is 0 Å². The van der Waals surface area contributed by atoms with Gasteiger partial charge in [0, 0.05) is 43.4 Å². The van der Waals surface area contributed by atoms with E-state index in [0.717, 1.165) is 55.2 Å². The summed E-state index contributed by atoms with van der Waals surface area (Å²) in [6, 6.07) is 7.43. The quantitative estimate of drug-likeness (QED) is 0.811. The van der Waals surface area contributed by atoms with E-state index in [4.69, 9.17) is 9.72 Å². The SMILES string of the molecule is N#Cc1cc2c(nc1N1CCC(N(c3ccncn3)C3CC3)CC1)CCOC2. The third kappa shape index (κ3) is 3.29. The summed E-state index contributed by atoms with van der Waals surface area (Å²) in [7, 11) is 0. The topological polar surface area (TPSA) is 78.2 Å². The Morgan fingerprint density at radius 1 is 1.18 bits per heavy atom. The van der Waals surface area contributed by atoms with Gasteiger partial charge in [0.15, 0.2) is 0 Å². The van der Waals surface area contributed by atoms with Gasteiger partial charge in [0.1, 0.15) is 24.0 Å². The van der Waals surface area contributed by atoms with Gasteiger partial charge in [-0.3, -0.25) is 0 Å². The predicted molar refractivity (Wildman–Crippen MR) is 105 cm³/mol. The van der Waals surface area contributed by atoms with Crippen LogP contribution in [0.5, 0.6) is 0 Å². The number of anilines is 2. The Morgan fingerprint density at radius 2 is 2.00 bits per heavy atom. The number of ether oxygens (including phenoxy) is 1. The molecule has 4 heterocycles. The van der Waals surface area contributed by atoms with Gasteiger partial charge in [0.05, 0.1) is 24.5 Å². The Balaban J connectivity index is 1.34. The normalized spacial score (nSPS) is 19.8. The van der Waals surface area contributed by atoms with Crippen LogP contribution in [-0.4, -0.2) is 46.7 Å². The summed E-state index contributed by atoms with van der Waals surface area (Å²) >= 11 is 0. The largest absolute Gasteiger partial charge is 0.376 e. The average Bonchev–Trinajstić information content (AvgIpc) is 3.59. The molecule has 0 radical (unpaired) electrons. The lowest BCUT2D eigenvalue weighted by Crippen LogP contribution is -2.47. The molecule has 0 atom stereocenters. The van der Waals surface area contributed by atoms with Crippen molar-refractivity contribution in [3.05, 3.63) is 41.5 Å². The minimum Gasteiger partial charge on any atom is -0.376 e. The fraction of sp³-hybridized carbons (Fsp3) is 0.524. The summed E-state index contributed by atoms with van der Waals surface area (Å²) in [5.41, 5.74) is 2.81. The van der Waals surface area contributed by atoms with Gasteiger partial charge < -0.3 is 14.5 Å². The van der Waals surface area contributed by atoms with Crippen LogP contribution in [0.25, 0.3) is 0 Å².